The number of hydrogen-bond acceptors (Lipinski definition) is 5. The van der Waals surface area contributed by atoms with Gasteiger partial charge < -0.3 is 14.6 Å². The average molecular weight is 426 g/mol. The van der Waals surface area contributed by atoms with Gasteiger partial charge in [0.05, 0.1) is 6.20 Å². The summed E-state index contributed by atoms with van der Waals surface area (Å²) in [5, 5.41) is 20.1. The van der Waals surface area contributed by atoms with E-state index in [1.165, 1.54) is 34.5 Å². The standard InChI is InChI=1S/C26H22N2O4/c29-24(25-27-15-23(32-25)21-7-4-8-22(28-21)26(30)31)20-12-11-18-13-17(9-10-19(18)14-20)16-5-2-1-3-6-16/h1-10,13,15,20,24,29H,11-12,14H2,(H,30,31). The molecule has 0 saturated carbocycles. The summed E-state index contributed by atoms with van der Waals surface area (Å²) < 4.78 is 5.77. The smallest absolute Gasteiger partial charge is 0.354 e. The summed E-state index contributed by atoms with van der Waals surface area (Å²) in [5.41, 5.74) is 5.26. The van der Waals surface area contributed by atoms with Gasteiger partial charge in [-0.25, -0.2) is 14.8 Å². The molecule has 2 atom stereocenters. The minimum atomic E-state index is -1.11. The Morgan fingerprint density at radius 3 is 2.66 bits per heavy atom. The van der Waals surface area contributed by atoms with Crippen LogP contribution in [0.15, 0.2) is 77.3 Å². The largest absolute Gasteiger partial charge is 0.477 e. The number of aromatic nitrogens is 2. The van der Waals surface area contributed by atoms with E-state index < -0.39 is 12.1 Å². The van der Waals surface area contributed by atoms with E-state index in [4.69, 9.17) is 9.52 Å². The lowest BCUT2D eigenvalue weighted by molar-refractivity contribution is 0.0690. The van der Waals surface area contributed by atoms with E-state index in [9.17, 15) is 9.90 Å². The van der Waals surface area contributed by atoms with Crippen molar-refractivity contribution in [2.75, 3.05) is 0 Å². The van der Waals surface area contributed by atoms with Crippen LogP contribution < -0.4 is 0 Å². The van der Waals surface area contributed by atoms with Gasteiger partial charge in [0.15, 0.2) is 5.76 Å². The Morgan fingerprint density at radius 2 is 1.84 bits per heavy atom. The van der Waals surface area contributed by atoms with Crippen LogP contribution in [0.1, 0.15) is 40.0 Å². The van der Waals surface area contributed by atoms with E-state index in [0.717, 1.165) is 19.3 Å². The molecular formula is C26H22N2O4. The maximum Gasteiger partial charge on any atom is 0.354 e. The highest BCUT2D eigenvalue weighted by molar-refractivity contribution is 5.85. The van der Waals surface area contributed by atoms with Crippen LogP contribution in [0.4, 0.5) is 0 Å². The molecule has 0 bridgehead atoms. The lowest BCUT2D eigenvalue weighted by Gasteiger charge is -2.27. The van der Waals surface area contributed by atoms with Crippen LogP contribution in [-0.2, 0) is 12.8 Å². The number of rotatable bonds is 5. The molecular weight excluding hydrogens is 404 g/mol. The van der Waals surface area contributed by atoms with Gasteiger partial charge in [0.25, 0.3) is 0 Å². The predicted octanol–water partition coefficient (Wildman–Crippen LogP) is 4.94. The zero-order chi connectivity index (χ0) is 22.1. The molecule has 1 aliphatic rings. The Labute approximate surface area is 185 Å². The first kappa shape index (κ1) is 20.2. The van der Waals surface area contributed by atoms with Crippen molar-refractivity contribution < 1.29 is 19.4 Å². The van der Waals surface area contributed by atoms with Crippen molar-refractivity contribution in [3.8, 4) is 22.6 Å². The van der Waals surface area contributed by atoms with Crippen molar-refractivity contribution in [3.63, 3.8) is 0 Å². The second-order valence-corrected chi connectivity index (χ2v) is 8.07. The molecule has 2 heterocycles. The first-order chi connectivity index (χ1) is 15.6. The van der Waals surface area contributed by atoms with Gasteiger partial charge in [0.2, 0.25) is 5.89 Å². The van der Waals surface area contributed by atoms with E-state index in [-0.39, 0.29) is 17.5 Å². The first-order valence-electron chi connectivity index (χ1n) is 10.6. The Kier molecular flexibility index (Phi) is 5.29. The van der Waals surface area contributed by atoms with Crippen molar-refractivity contribution in [2.45, 2.75) is 25.4 Å². The molecule has 0 amide bonds. The Morgan fingerprint density at radius 1 is 1.00 bits per heavy atom. The zero-order valence-electron chi connectivity index (χ0n) is 17.3. The van der Waals surface area contributed by atoms with E-state index in [1.807, 2.05) is 18.2 Å². The van der Waals surface area contributed by atoms with Crippen LogP contribution in [0.5, 0.6) is 0 Å². The lowest BCUT2D eigenvalue weighted by atomic mass is 9.80. The molecule has 1 aliphatic carbocycles. The van der Waals surface area contributed by atoms with Crippen LogP contribution >= 0.6 is 0 Å². The van der Waals surface area contributed by atoms with Gasteiger partial charge in [0.1, 0.15) is 17.5 Å². The lowest BCUT2D eigenvalue weighted by Crippen LogP contribution is -2.21. The molecule has 0 spiro atoms. The third kappa shape index (κ3) is 3.92. The van der Waals surface area contributed by atoms with Crippen LogP contribution in [0.25, 0.3) is 22.6 Å². The number of benzene rings is 2. The van der Waals surface area contributed by atoms with Gasteiger partial charge in [-0.15, -0.1) is 0 Å². The van der Waals surface area contributed by atoms with E-state index in [0.29, 0.717) is 11.5 Å². The van der Waals surface area contributed by atoms with Crippen LogP contribution in [0, 0.1) is 5.92 Å². The number of oxazole rings is 1. The molecule has 5 rings (SSSR count). The summed E-state index contributed by atoms with van der Waals surface area (Å²) in [6.45, 7) is 0. The molecule has 6 heteroatoms. The van der Waals surface area contributed by atoms with Gasteiger partial charge in [-0.1, -0.05) is 54.6 Å². The summed E-state index contributed by atoms with van der Waals surface area (Å²) in [6, 6.07) is 21.5. The third-order valence-electron chi connectivity index (χ3n) is 6.02. The maximum absolute atomic E-state index is 11.2. The number of carbonyl (C=O) groups is 1. The van der Waals surface area contributed by atoms with Gasteiger partial charge in [0, 0.05) is 0 Å². The van der Waals surface area contributed by atoms with Crippen LogP contribution in [-0.4, -0.2) is 26.2 Å². The minimum Gasteiger partial charge on any atom is -0.477 e. The maximum atomic E-state index is 11.2. The monoisotopic (exact) mass is 426 g/mol. The SMILES string of the molecule is O=C(O)c1cccc(-c2cnc(C(O)C3CCc4cc(-c5ccccc5)ccc4C3)o2)n1. The molecule has 2 N–H and O–H groups in total. The number of aliphatic hydroxyl groups is 1. The molecule has 2 unspecified atom stereocenters. The van der Waals surface area contributed by atoms with E-state index >= 15 is 0 Å². The number of carboxylic acids is 1. The quantitative estimate of drug-likeness (QED) is 0.469. The fraction of sp³-hybridized carbons (Fsp3) is 0.192. The Bertz CT molecular complexity index is 1270. The molecule has 32 heavy (non-hydrogen) atoms. The highest BCUT2D eigenvalue weighted by Crippen LogP contribution is 2.36. The molecule has 0 radical (unpaired) electrons. The predicted molar refractivity (Wildman–Crippen MR) is 119 cm³/mol. The number of aryl methyl sites for hydroxylation is 1. The Balaban J connectivity index is 1.33. The summed E-state index contributed by atoms with van der Waals surface area (Å²) in [4.78, 5) is 19.5. The topological polar surface area (TPSA) is 96.5 Å². The van der Waals surface area contributed by atoms with E-state index in [1.54, 1.807) is 12.1 Å². The molecule has 2 aromatic heterocycles. The van der Waals surface area contributed by atoms with Gasteiger partial charge in [-0.3, -0.25) is 0 Å². The van der Waals surface area contributed by atoms with Crippen LogP contribution in [0.2, 0.25) is 0 Å². The second-order valence-electron chi connectivity index (χ2n) is 8.07. The highest BCUT2D eigenvalue weighted by Gasteiger charge is 2.29. The second kappa shape index (κ2) is 8.40. The first-order valence-corrected chi connectivity index (χ1v) is 10.6. The number of carboxylic acid groups (broad SMARTS) is 1. The van der Waals surface area contributed by atoms with Crippen molar-refractivity contribution in [1.29, 1.82) is 0 Å². The number of hydrogen-bond donors (Lipinski definition) is 2. The average Bonchev–Trinajstić information content (AvgIpc) is 3.34. The van der Waals surface area contributed by atoms with Gasteiger partial charge >= 0.3 is 5.97 Å². The molecule has 160 valence electrons. The number of aromatic carboxylic acids is 1. The van der Waals surface area contributed by atoms with Crippen molar-refractivity contribution in [2.24, 2.45) is 5.92 Å². The fourth-order valence-corrected chi connectivity index (χ4v) is 4.30. The molecule has 2 aromatic carbocycles. The number of pyridine rings is 1. The highest BCUT2D eigenvalue weighted by atomic mass is 16.4. The summed E-state index contributed by atoms with van der Waals surface area (Å²) in [7, 11) is 0. The molecule has 0 saturated heterocycles. The van der Waals surface area contributed by atoms with Crippen molar-refractivity contribution in [1.82, 2.24) is 9.97 Å². The van der Waals surface area contributed by atoms with Crippen molar-refractivity contribution >= 4 is 5.97 Å². The fourth-order valence-electron chi connectivity index (χ4n) is 4.30. The van der Waals surface area contributed by atoms with Gasteiger partial charge in [-0.05, 0) is 59.6 Å². The zero-order valence-corrected chi connectivity index (χ0v) is 17.3. The molecule has 0 fully saturated rings. The van der Waals surface area contributed by atoms with Gasteiger partial charge in [-0.2, -0.15) is 0 Å². The summed E-state index contributed by atoms with van der Waals surface area (Å²) >= 11 is 0. The summed E-state index contributed by atoms with van der Waals surface area (Å²) in [5.74, 6) is -0.541. The number of aliphatic hydroxyl groups excluding tert-OH is 1. The normalized spacial score (nSPS) is 16.3. The number of fused-ring (bicyclic) bond motifs is 1. The minimum absolute atomic E-state index is 0.00473. The molecule has 6 nitrogen and oxygen atoms in total. The third-order valence-corrected chi connectivity index (χ3v) is 6.02. The van der Waals surface area contributed by atoms with Crippen LogP contribution in [0.3, 0.4) is 0 Å². The molecule has 4 aromatic rings. The van der Waals surface area contributed by atoms with Crippen molar-refractivity contribution in [3.05, 3.63) is 95.6 Å². The number of nitrogens with zero attached hydrogens (tertiary/aromatic N) is 2. The van der Waals surface area contributed by atoms with E-state index in [2.05, 4.69) is 40.3 Å². The Hall–Kier alpha value is -3.77. The molecule has 0 aliphatic heterocycles. The summed E-state index contributed by atoms with van der Waals surface area (Å²) in [6.07, 6.45) is 3.10.